The summed E-state index contributed by atoms with van der Waals surface area (Å²) >= 11 is 0. The second-order valence-corrected chi connectivity index (χ2v) is 10.5. The third kappa shape index (κ3) is 5.95. The highest BCUT2D eigenvalue weighted by molar-refractivity contribution is 5.85. The van der Waals surface area contributed by atoms with Gasteiger partial charge in [0.25, 0.3) is 0 Å². The van der Waals surface area contributed by atoms with Crippen molar-refractivity contribution >= 4 is 11.3 Å². The zero-order valence-corrected chi connectivity index (χ0v) is 22.7. The Labute approximate surface area is 228 Å². The molecule has 1 fully saturated rings. The first kappa shape index (κ1) is 26.4. The average molecular weight is 528 g/mol. The van der Waals surface area contributed by atoms with Crippen molar-refractivity contribution in [3.63, 3.8) is 0 Å². The van der Waals surface area contributed by atoms with E-state index in [2.05, 4.69) is 38.9 Å². The fraction of sp³-hybridized carbons (Fsp3) is 0.379. The number of piperazine rings is 1. The summed E-state index contributed by atoms with van der Waals surface area (Å²) in [5.41, 5.74) is 3.00. The van der Waals surface area contributed by atoms with Crippen LogP contribution >= 0.6 is 0 Å². The van der Waals surface area contributed by atoms with Crippen molar-refractivity contribution in [2.24, 2.45) is 0 Å². The molecule has 0 aliphatic carbocycles. The molecule has 10 heteroatoms. The van der Waals surface area contributed by atoms with E-state index in [-0.39, 0.29) is 12.6 Å². The van der Waals surface area contributed by atoms with Gasteiger partial charge in [0.15, 0.2) is 0 Å². The zero-order chi connectivity index (χ0) is 27.6. The van der Waals surface area contributed by atoms with Crippen molar-refractivity contribution in [1.29, 1.82) is 5.26 Å². The van der Waals surface area contributed by atoms with E-state index in [4.69, 9.17) is 14.5 Å². The van der Waals surface area contributed by atoms with Gasteiger partial charge in [-0.3, -0.25) is 4.90 Å². The molecule has 5 heterocycles. The van der Waals surface area contributed by atoms with Crippen LogP contribution in [0, 0.1) is 11.3 Å². The Bertz CT molecular complexity index is 1470. The van der Waals surface area contributed by atoms with Gasteiger partial charge in [0.05, 0.1) is 36.2 Å². The molecule has 39 heavy (non-hydrogen) atoms. The Balaban J connectivity index is 1.33. The smallest absolute Gasteiger partial charge is 0.212 e. The second-order valence-electron chi connectivity index (χ2n) is 10.5. The second kappa shape index (κ2) is 10.9. The van der Waals surface area contributed by atoms with Gasteiger partial charge in [-0.1, -0.05) is 6.07 Å². The minimum Gasteiger partial charge on any atom is -0.489 e. The fourth-order valence-corrected chi connectivity index (χ4v) is 4.85. The third-order valence-electron chi connectivity index (χ3n) is 6.78. The number of anilines is 1. The number of nitrogens with zero attached hydrogens (tertiary/aromatic N) is 7. The van der Waals surface area contributed by atoms with Crippen molar-refractivity contribution in [1.82, 2.24) is 24.5 Å². The van der Waals surface area contributed by atoms with E-state index in [1.807, 2.05) is 36.7 Å². The monoisotopic (exact) mass is 527 g/mol. The van der Waals surface area contributed by atoms with Gasteiger partial charge in [0.2, 0.25) is 5.88 Å². The lowest BCUT2D eigenvalue weighted by molar-refractivity contribution is 0.0283. The van der Waals surface area contributed by atoms with Gasteiger partial charge in [-0.05, 0) is 44.5 Å². The van der Waals surface area contributed by atoms with Crippen molar-refractivity contribution in [2.45, 2.75) is 39.0 Å². The van der Waals surface area contributed by atoms with Crippen LogP contribution in [0.1, 0.15) is 31.9 Å². The SMILES string of the molecule is COc1ccc(CN2CCN(c3ccc(-c4cc(OCC(C)(C)O)cn5ncc(C#N)c45)cn3)[C@H](C)C2)cn1. The molecule has 0 aromatic carbocycles. The van der Waals surface area contributed by atoms with Crippen LogP contribution in [0.3, 0.4) is 0 Å². The molecular formula is C29H33N7O3. The Hall–Kier alpha value is -4.20. The lowest BCUT2D eigenvalue weighted by Gasteiger charge is -2.40. The molecule has 4 aromatic rings. The number of hydrogen-bond donors (Lipinski definition) is 1. The normalized spacial score (nSPS) is 16.3. The molecule has 10 nitrogen and oxygen atoms in total. The number of rotatable bonds is 8. The van der Waals surface area contributed by atoms with Crippen LogP contribution in [0.4, 0.5) is 5.82 Å². The minimum atomic E-state index is -0.980. The van der Waals surface area contributed by atoms with Crippen LogP contribution in [0.25, 0.3) is 16.6 Å². The molecule has 0 saturated carbocycles. The van der Waals surface area contributed by atoms with Crippen LogP contribution in [-0.2, 0) is 6.54 Å². The van der Waals surface area contributed by atoms with Crippen LogP contribution < -0.4 is 14.4 Å². The number of aromatic nitrogens is 4. The number of hydrogen-bond acceptors (Lipinski definition) is 9. The van der Waals surface area contributed by atoms with E-state index in [0.717, 1.165) is 48.7 Å². The van der Waals surface area contributed by atoms with Gasteiger partial charge in [-0.2, -0.15) is 10.4 Å². The molecule has 1 aliphatic heterocycles. The highest BCUT2D eigenvalue weighted by atomic mass is 16.5. The molecule has 0 bridgehead atoms. The van der Waals surface area contributed by atoms with E-state index in [1.54, 1.807) is 37.9 Å². The van der Waals surface area contributed by atoms with Gasteiger partial charge >= 0.3 is 0 Å². The maximum absolute atomic E-state index is 10.1. The molecular weight excluding hydrogens is 494 g/mol. The molecule has 5 rings (SSSR count). The topological polar surface area (TPSA) is 112 Å². The predicted octanol–water partition coefficient (Wildman–Crippen LogP) is 3.53. The van der Waals surface area contributed by atoms with E-state index in [0.29, 0.717) is 22.7 Å². The highest BCUT2D eigenvalue weighted by Gasteiger charge is 2.25. The Morgan fingerprint density at radius 3 is 2.62 bits per heavy atom. The molecule has 1 atom stereocenters. The first-order chi connectivity index (χ1) is 18.7. The van der Waals surface area contributed by atoms with E-state index in [9.17, 15) is 10.4 Å². The summed E-state index contributed by atoms with van der Waals surface area (Å²) in [7, 11) is 1.62. The van der Waals surface area contributed by atoms with Crippen molar-refractivity contribution in [3.8, 4) is 28.8 Å². The lowest BCUT2D eigenvalue weighted by Crippen LogP contribution is -2.51. The van der Waals surface area contributed by atoms with Crippen LogP contribution in [0.5, 0.6) is 11.6 Å². The van der Waals surface area contributed by atoms with Gasteiger partial charge in [-0.25, -0.2) is 14.5 Å². The van der Waals surface area contributed by atoms with Gasteiger partial charge in [0, 0.05) is 61.8 Å². The first-order valence-electron chi connectivity index (χ1n) is 12.9. The van der Waals surface area contributed by atoms with Crippen LogP contribution in [0.2, 0.25) is 0 Å². The summed E-state index contributed by atoms with van der Waals surface area (Å²) in [4.78, 5) is 13.9. The third-order valence-corrected chi connectivity index (χ3v) is 6.78. The molecule has 0 radical (unpaired) electrons. The summed E-state index contributed by atoms with van der Waals surface area (Å²) < 4.78 is 12.6. The Morgan fingerprint density at radius 2 is 1.97 bits per heavy atom. The Kier molecular flexibility index (Phi) is 7.37. The van der Waals surface area contributed by atoms with Crippen molar-refractivity contribution in [3.05, 3.63) is 66.2 Å². The molecule has 0 unspecified atom stereocenters. The summed E-state index contributed by atoms with van der Waals surface area (Å²) in [5, 5.41) is 24.1. The molecule has 0 spiro atoms. The van der Waals surface area contributed by atoms with Gasteiger partial charge in [0.1, 0.15) is 24.2 Å². The number of fused-ring (bicyclic) bond motifs is 1. The summed E-state index contributed by atoms with van der Waals surface area (Å²) in [6.45, 7) is 9.26. The average Bonchev–Trinajstić information content (AvgIpc) is 3.35. The summed E-state index contributed by atoms with van der Waals surface area (Å²) in [5.74, 6) is 2.09. The molecule has 1 aliphatic rings. The summed E-state index contributed by atoms with van der Waals surface area (Å²) in [6.07, 6.45) is 6.97. The maximum atomic E-state index is 10.1. The molecule has 202 valence electrons. The zero-order valence-electron chi connectivity index (χ0n) is 22.7. The first-order valence-corrected chi connectivity index (χ1v) is 12.9. The number of aliphatic hydroxyl groups is 1. The number of ether oxygens (including phenoxy) is 2. The standard InChI is InChI=1S/C29H33N7O3/c1-20-16-34(17-21-5-8-27(38-4)32-13-21)9-10-35(20)26-7-6-22(14-31-26)25-11-24(39-19-29(2,3)37)18-36-28(25)23(12-30)15-33-36/h5-8,11,13-15,18,20,37H,9-10,16-17,19H2,1-4H3/t20-/m1/s1. The summed E-state index contributed by atoms with van der Waals surface area (Å²) in [6, 6.07) is 12.4. The predicted molar refractivity (Wildman–Crippen MR) is 148 cm³/mol. The van der Waals surface area contributed by atoms with Crippen molar-refractivity contribution in [2.75, 3.05) is 38.3 Å². The molecule has 0 amide bonds. The largest absolute Gasteiger partial charge is 0.489 e. The molecule has 1 saturated heterocycles. The van der Waals surface area contributed by atoms with Crippen LogP contribution in [0.15, 0.2) is 55.1 Å². The van der Waals surface area contributed by atoms with Gasteiger partial charge < -0.3 is 19.5 Å². The number of pyridine rings is 3. The lowest BCUT2D eigenvalue weighted by atomic mass is 10.0. The van der Waals surface area contributed by atoms with Crippen LogP contribution in [-0.4, -0.2) is 74.6 Å². The molecule has 1 N–H and O–H groups in total. The van der Waals surface area contributed by atoms with E-state index in [1.165, 1.54) is 0 Å². The van der Waals surface area contributed by atoms with E-state index < -0.39 is 5.60 Å². The number of nitriles is 1. The quantitative estimate of drug-likeness (QED) is 0.368. The highest BCUT2D eigenvalue weighted by Crippen LogP contribution is 2.32. The fourth-order valence-electron chi connectivity index (χ4n) is 4.85. The van der Waals surface area contributed by atoms with Crippen molar-refractivity contribution < 1.29 is 14.6 Å². The Morgan fingerprint density at radius 1 is 1.13 bits per heavy atom. The van der Waals surface area contributed by atoms with E-state index >= 15 is 0 Å². The maximum Gasteiger partial charge on any atom is 0.212 e. The molecule has 4 aromatic heterocycles. The van der Waals surface area contributed by atoms with Gasteiger partial charge in [-0.15, -0.1) is 0 Å². The number of methoxy groups -OCH3 is 1. The minimum absolute atomic E-state index is 0.125.